The maximum absolute atomic E-state index is 14.1. The van der Waals surface area contributed by atoms with Crippen LogP contribution >= 0.6 is 23.2 Å². The molecular weight excluding hydrogens is 569 g/mol. The lowest BCUT2D eigenvalue weighted by Crippen LogP contribution is -2.56. The van der Waals surface area contributed by atoms with Gasteiger partial charge in [-0.1, -0.05) is 71.7 Å². The summed E-state index contributed by atoms with van der Waals surface area (Å²) < 4.78 is 26.8. The number of anilines is 1. The van der Waals surface area contributed by atoms with E-state index in [1.54, 1.807) is 36.4 Å². The van der Waals surface area contributed by atoms with Crippen LogP contribution in [0.4, 0.5) is 5.69 Å². The quantitative estimate of drug-likeness (QED) is 0.326. The van der Waals surface area contributed by atoms with E-state index in [4.69, 9.17) is 23.2 Å². The van der Waals surface area contributed by atoms with Gasteiger partial charge in [-0.2, -0.15) is 0 Å². The minimum atomic E-state index is -3.85. The highest BCUT2D eigenvalue weighted by molar-refractivity contribution is 7.92. The van der Waals surface area contributed by atoms with Gasteiger partial charge in [0.15, 0.2) is 0 Å². The van der Waals surface area contributed by atoms with E-state index in [2.05, 4.69) is 5.32 Å². The second-order valence-electron chi connectivity index (χ2n) is 10.8. The Hall–Kier alpha value is -3.07. The van der Waals surface area contributed by atoms with Crippen LogP contribution in [0.5, 0.6) is 0 Å². The third-order valence-corrected chi connectivity index (χ3v) is 7.98. The second-order valence-corrected chi connectivity index (χ2v) is 13.5. The highest BCUT2D eigenvalue weighted by Gasteiger charge is 2.35. The summed E-state index contributed by atoms with van der Waals surface area (Å²) in [7, 11) is -3.85. The topological polar surface area (TPSA) is 86.8 Å². The van der Waals surface area contributed by atoms with Crippen molar-refractivity contribution < 1.29 is 18.0 Å². The molecule has 0 aromatic heterocycles. The summed E-state index contributed by atoms with van der Waals surface area (Å²) >= 11 is 13.0. The van der Waals surface area contributed by atoms with Gasteiger partial charge in [-0.15, -0.1) is 0 Å². The first-order valence-electron chi connectivity index (χ1n) is 12.8. The average molecular weight is 605 g/mol. The Morgan fingerprint density at radius 2 is 1.52 bits per heavy atom. The van der Waals surface area contributed by atoms with E-state index in [0.717, 1.165) is 21.7 Å². The summed E-state index contributed by atoms with van der Waals surface area (Å²) in [6, 6.07) is 20.2. The molecule has 0 aliphatic heterocycles. The van der Waals surface area contributed by atoms with Gasteiger partial charge in [0.25, 0.3) is 0 Å². The average Bonchev–Trinajstić information content (AvgIpc) is 2.85. The molecule has 1 atom stereocenters. The van der Waals surface area contributed by atoms with E-state index in [9.17, 15) is 18.0 Å². The molecule has 2 amide bonds. The lowest BCUT2D eigenvalue weighted by atomic mass is 10.0. The van der Waals surface area contributed by atoms with Crippen LogP contribution in [0.2, 0.25) is 10.0 Å². The Labute approximate surface area is 247 Å². The van der Waals surface area contributed by atoms with Gasteiger partial charge in [0.05, 0.1) is 11.9 Å². The van der Waals surface area contributed by atoms with Gasteiger partial charge in [0.2, 0.25) is 21.8 Å². The normalized spacial score (nSPS) is 12.5. The smallest absolute Gasteiger partial charge is 0.244 e. The van der Waals surface area contributed by atoms with Crippen molar-refractivity contribution in [3.63, 3.8) is 0 Å². The van der Waals surface area contributed by atoms with Crippen molar-refractivity contribution in [2.45, 2.75) is 52.2 Å². The van der Waals surface area contributed by atoms with Crippen molar-refractivity contribution in [1.29, 1.82) is 0 Å². The number of hydrogen-bond donors (Lipinski definition) is 1. The molecule has 1 N–H and O–H groups in total. The molecule has 0 unspecified atom stereocenters. The first kappa shape index (κ1) is 31.5. The van der Waals surface area contributed by atoms with Crippen molar-refractivity contribution in [2.24, 2.45) is 0 Å². The number of carbonyl (C=O) groups is 2. The molecule has 40 heavy (non-hydrogen) atoms. The van der Waals surface area contributed by atoms with Crippen LogP contribution in [0.25, 0.3) is 0 Å². The van der Waals surface area contributed by atoms with E-state index >= 15 is 0 Å². The zero-order valence-electron chi connectivity index (χ0n) is 23.3. The van der Waals surface area contributed by atoms with Gasteiger partial charge >= 0.3 is 0 Å². The molecule has 0 spiro atoms. The number of nitrogens with one attached hydrogen (secondary N) is 1. The minimum absolute atomic E-state index is 0.0994. The molecule has 0 heterocycles. The lowest BCUT2D eigenvalue weighted by Gasteiger charge is -2.35. The summed E-state index contributed by atoms with van der Waals surface area (Å²) in [5, 5.41) is 3.65. The second kappa shape index (κ2) is 13.1. The summed E-state index contributed by atoms with van der Waals surface area (Å²) in [6.07, 6.45) is 1.24. The Morgan fingerprint density at radius 1 is 0.925 bits per heavy atom. The molecule has 0 aliphatic rings. The third kappa shape index (κ3) is 8.71. The van der Waals surface area contributed by atoms with Gasteiger partial charge < -0.3 is 10.2 Å². The summed E-state index contributed by atoms with van der Waals surface area (Å²) in [6.45, 7) is 6.78. The van der Waals surface area contributed by atoms with Gasteiger partial charge in [-0.3, -0.25) is 13.9 Å². The van der Waals surface area contributed by atoms with Crippen LogP contribution in [0.3, 0.4) is 0 Å². The highest BCUT2D eigenvalue weighted by atomic mass is 35.5. The van der Waals surface area contributed by atoms with Crippen LogP contribution in [0, 0.1) is 6.92 Å². The molecule has 3 aromatic carbocycles. The lowest BCUT2D eigenvalue weighted by molar-refractivity contribution is -0.140. The number of halogens is 2. The summed E-state index contributed by atoms with van der Waals surface area (Å²) in [5.41, 5.74) is 1.90. The van der Waals surface area contributed by atoms with Gasteiger partial charge in [0, 0.05) is 34.1 Å². The summed E-state index contributed by atoms with van der Waals surface area (Å²) in [5.74, 6) is -0.956. The van der Waals surface area contributed by atoms with E-state index in [-0.39, 0.29) is 18.9 Å². The number of hydrogen-bond acceptors (Lipinski definition) is 4. The molecule has 10 heteroatoms. The minimum Gasteiger partial charge on any atom is -0.350 e. The monoisotopic (exact) mass is 603 g/mol. The Kier molecular flexibility index (Phi) is 10.3. The van der Waals surface area contributed by atoms with E-state index in [1.165, 1.54) is 4.90 Å². The maximum atomic E-state index is 14.1. The van der Waals surface area contributed by atoms with Crippen molar-refractivity contribution in [1.82, 2.24) is 10.2 Å². The molecular formula is C30H35Cl2N3O4S. The molecule has 0 saturated carbocycles. The third-order valence-electron chi connectivity index (χ3n) is 6.13. The first-order chi connectivity index (χ1) is 18.7. The van der Waals surface area contributed by atoms with Crippen LogP contribution in [-0.2, 0) is 32.6 Å². The van der Waals surface area contributed by atoms with Gasteiger partial charge in [-0.25, -0.2) is 8.42 Å². The van der Waals surface area contributed by atoms with Crippen LogP contribution in [-0.4, -0.2) is 49.5 Å². The van der Waals surface area contributed by atoms with E-state index < -0.39 is 34.1 Å². The van der Waals surface area contributed by atoms with Crippen LogP contribution in [0.15, 0.2) is 72.8 Å². The zero-order valence-corrected chi connectivity index (χ0v) is 25.6. The van der Waals surface area contributed by atoms with Gasteiger partial charge in [-0.05, 0) is 63.1 Å². The predicted molar refractivity (Wildman–Crippen MR) is 162 cm³/mol. The molecule has 3 aromatic rings. The largest absolute Gasteiger partial charge is 0.350 e. The highest BCUT2D eigenvalue weighted by Crippen LogP contribution is 2.28. The number of amides is 2. The van der Waals surface area contributed by atoms with Crippen molar-refractivity contribution >= 4 is 50.7 Å². The standard InChI is InChI=1S/C30H35Cl2N3O4S/c1-21-11-9-14-23(17-21)35(40(5,38)39)20-28(36)34(19-24-25(31)15-10-16-26(24)32)27(29(37)33-30(2,3)4)18-22-12-7-6-8-13-22/h6-17,27H,18-20H2,1-5H3,(H,33,37)/t27-/m1/s1. The summed E-state index contributed by atoms with van der Waals surface area (Å²) in [4.78, 5) is 29.3. The molecule has 0 bridgehead atoms. The zero-order chi connectivity index (χ0) is 29.7. The maximum Gasteiger partial charge on any atom is 0.244 e. The van der Waals surface area contributed by atoms with Crippen molar-refractivity contribution in [2.75, 3.05) is 17.1 Å². The fourth-order valence-corrected chi connectivity index (χ4v) is 5.62. The van der Waals surface area contributed by atoms with Crippen molar-refractivity contribution in [3.8, 4) is 0 Å². The number of benzene rings is 3. The Morgan fingerprint density at radius 3 is 2.08 bits per heavy atom. The van der Waals surface area contributed by atoms with Crippen molar-refractivity contribution in [3.05, 3.63) is 99.5 Å². The molecule has 0 aliphatic carbocycles. The van der Waals surface area contributed by atoms with Crippen LogP contribution < -0.4 is 9.62 Å². The first-order valence-corrected chi connectivity index (χ1v) is 15.4. The fourth-order valence-electron chi connectivity index (χ4n) is 4.26. The number of nitrogens with zero attached hydrogens (tertiary/aromatic N) is 2. The molecule has 0 saturated heterocycles. The Bertz CT molecular complexity index is 1440. The molecule has 0 fully saturated rings. The number of rotatable bonds is 10. The fraction of sp³-hybridized carbons (Fsp3) is 0.333. The van der Waals surface area contributed by atoms with Gasteiger partial charge in [0.1, 0.15) is 12.6 Å². The van der Waals surface area contributed by atoms with E-state index in [1.807, 2.05) is 64.1 Å². The van der Waals surface area contributed by atoms with Crippen LogP contribution in [0.1, 0.15) is 37.5 Å². The SMILES string of the molecule is Cc1cccc(N(CC(=O)N(Cc2c(Cl)cccc2Cl)[C@H](Cc2ccccc2)C(=O)NC(C)(C)C)S(C)(=O)=O)c1. The number of aryl methyl sites for hydroxylation is 1. The molecule has 7 nitrogen and oxygen atoms in total. The Balaban J connectivity index is 2.12. The molecule has 214 valence electrons. The number of sulfonamides is 1. The molecule has 3 rings (SSSR count). The predicted octanol–water partition coefficient (Wildman–Crippen LogP) is 5.62. The molecule has 0 radical (unpaired) electrons. The number of carbonyl (C=O) groups excluding carboxylic acids is 2. The van der Waals surface area contributed by atoms with E-state index in [0.29, 0.717) is 21.3 Å².